The Kier molecular flexibility index (Phi) is 9.37. The zero-order valence-corrected chi connectivity index (χ0v) is 17.0. The van der Waals surface area contributed by atoms with Gasteiger partial charge in [0.25, 0.3) is 0 Å². The number of pyridine rings is 1. The molecule has 0 saturated carbocycles. The number of aryl methyl sites for hydroxylation is 1. The fourth-order valence-electron chi connectivity index (χ4n) is 2.42. The van der Waals surface area contributed by atoms with Crippen LogP contribution in [0.2, 0.25) is 0 Å². The molecule has 1 atom stereocenters. The Morgan fingerprint density at radius 2 is 1.96 bits per heavy atom. The van der Waals surface area contributed by atoms with Crippen molar-refractivity contribution < 1.29 is 0 Å². The number of aliphatic imine (C=N–C) groups is 1. The van der Waals surface area contributed by atoms with E-state index in [1.807, 2.05) is 18.5 Å². The van der Waals surface area contributed by atoms with E-state index in [0.717, 1.165) is 25.5 Å². The minimum absolute atomic E-state index is 0. The summed E-state index contributed by atoms with van der Waals surface area (Å²) in [6.45, 7) is 7.92. The van der Waals surface area contributed by atoms with Crippen LogP contribution >= 0.6 is 24.0 Å². The molecule has 0 radical (unpaired) electrons. The molecular formula is C19H27IN4. The van der Waals surface area contributed by atoms with E-state index in [4.69, 9.17) is 0 Å². The predicted molar refractivity (Wildman–Crippen MR) is 112 cm³/mol. The molecule has 0 bridgehead atoms. The van der Waals surface area contributed by atoms with E-state index >= 15 is 0 Å². The summed E-state index contributed by atoms with van der Waals surface area (Å²) in [5, 5.41) is 6.77. The highest BCUT2D eigenvalue weighted by Crippen LogP contribution is 2.11. The Morgan fingerprint density at radius 3 is 2.62 bits per heavy atom. The predicted octanol–water partition coefficient (Wildman–Crippen LogP) is 3.87. The van der Waals surface area contributed by atoms with Crippen LogP contribution in [0, 0.1) is 6.92 Å². The molecule has 1 unspecified atom stereocenters. The Hall–Kier alpha value is -1.63. The molecule has 1 aromatic heterocycles. The van der Waals surface area contributed by atoms with E-state index in [-0.39, 0.29) is 30.0 Å². The summed E-state index contributed by atoms with van der Waals surface area (Å²) in [7, 11) is 0. The van der Waals surface area contributed by atoms with Gasteiger partial charge in [-0.25, -0.2) is 0 Å². The topological polar surface area (TPSA) is 49.3 Å². The van der Waals surface area contributed by atoms with Crippen molar-refractivity contribution in [3.05, 3.63) is 65.5 Å². The third kappa shape index (κ3) is 6.47. The molecule has 2 rings (SSSR count). The molecule has 5 heteroatoms. The molecule has 0 saturated heterocycles. The van der Waals surface area contributed by atoms with E-state index in [1.54, 1.807) is 0 Å². The SMILES string of the molecule is CCNC(=NCCc1ccncc1C)NC(C)c1ccccc1.I. The van der Waals surface area contributed by atoms with Crippen LogP contribution in [0.4, 0.5) is 0 Å². The number of guanidine groups is 1. The maximum absolute atomic E-state index is 4.69. The molecule has 2 N–H and O–H groups in total. The van der Waals surface area contributed by atoms with Crippen LogP contribution in [0.1, 0.15) is 36.6 Å². The first-order chi connectivity index (χ1) is 11.2. The smallest absolute Gasteiger partial charge is 0.191 e. The Bertz CT molecular complexity index is 628. The number of halogens is 1. The van der Waals surface area contributed by atoms with Crippen LogP contribution < -0.4 is 10.6 Å². The summed E-state index contributed by atoms with van der Waals surface area (Å²) >= 11 is 0. The number of hydrogen-bond acceptors (Lipinski definition) is 2. The molecule has 0 aliphatic rings. The normalized spacial score (nSPS) is 12.2. The second kappa shape index (κ2) is 11.0. The van der Waals surface area contributed by atoms with Crippen LogP contribution in [0.3, 0.4) is 0 Å². The standard InChI is InChI=1S/C19H26N4.HI/c1-4-21-19(23-16(3)18-8-6-5-7-9-18)22-13-11-17-10-12-20-14-15(17)2;/h5-10,12,14,16H,4,11,13H2,1-3H3,(H2,21,22,23);1H. The van der Waals surface area contributed by atoms with Gasteiger partial charge in [-0.1, -0.05) is 30.3 Å². The second-order valence-corrected chi connectivity index (χ2v) is 5.59. The number of aromatic nitrogens is 1. The van der Waals surface area contributed by atoms with Crippen LogP contribution in [0.15, 0.2) is 53.8 Å². The molecule has 4 nitrogen and oxygen atoms in total. The van der Waals surface area contributed by atoms with Crippen LogP contribution in [0.5, 0.6) is 0 Å². The quantitative estimate of drug-likeness (QED) is 0.409. The van der Waals surface area contributed by atoms with Crippen molar-refractivity contribution in [3.63, 3.8) is 0 Å². The molecular weight excluding hydrogens is 411 g/mol. The molecule has 2 aromatic rings. The lowest BCUT2D eigenvalue weighted by molar-refractivity contribution is 0.686. The van der Waals surface area contributed by atoms with Crippen molar-refractivity contribution in [2.24, 2.45) is 4.99 Å². The molecule has 0 spiro atoms. The average molecular weight is 438 g/mol. The number of nitrogens with zero attached hydrogens (tertiary/aromatic N) is 2. The zero-order valence-electron chi connectivity index (χ0n) is 14.6. The third-order valence-corrected chi connectivity index (χ3v) is 3.78. The maximum Gasteiger partial charge on any atom is 0.191 e. The van der Waals surface area contributed by atoms with Gasteiger partial charge in [0, 0.05) is 25.5 Å². The number of rotatable bonds is 6. The van der Waals surface area contributed by atoms with E-state index in [1.165, 1.54) is 16.7 Å². The number of nitrogens with one attached hydrogen (secondary N) is 2. The second-order valence-electron chi connectivity index (χ2n) is 5.59. The summed E-state index contributed by atoms with van der Waals surface area (Å²) < 4.78 is 0. The first-order valence-electron chi connectivity index (χ1n) is 8.20. The molecule has 130 valence electrons. The Labute approximate surface area is 162 Å². The van der Waals surface area contributed by atoms with Gasteiger partial charge in [0.05, 0.1) is 6.04 Å². The minimum atomic E-state index is 0. The van der Waals surface area contributed by atoms with Crippen molar-refractivity contribution >= 4 is 29.9 Å². The van der Waals surface area contributed by atoms with Gasteiger partial charge in [-0.2, -0.15) is 0 Å². The summed E-state index contributed by atoms with van der Waals surface area (Å²) in [5.74, 6) is 0.857. The zero-order chi connectivity index (χ0) is 16.5. The summed E-state index contributed by atoms with van der Waals surface area (Å²) in [4.78, 5) is 8.82. The van der Waals surface area contributed by atoms with Crippen LogP contribution in [0.25, 0.3) is 0 Å². The van der Waals surface area contributed by atoms with Gasteiger partial charge >= 0.3 is 0 Å². The van der Waals surface area contributed by atoms with Gasteiger partial charge in [0.1, 0.15) is 0 Å². The molecule has 0 aliphatic carbocycles. The fourth-order valence-corrected chi connectivity index (χ4v) is 2.42. The lowest BCUT2D eigenvalue weighted by Gasteiger charge is -2.18. The third-order valence-electron chi connectivity index (χ3n) is 3.78. The lowest BCUT2D eigenvalue weighted by Crippen LogP contribution is -2.38. The van der Waals surface area contributed by atoms with Crippen molar-refractivity contribution in [1.82, 2.24) is 15.6 Å². The van der Waals surface area contributed by atoms with Gasteiger partial charge in [-0.3, -0.25) is 9.98 Å². The lowest BCUT2D eigenvalue weighted by atomic mass is 10.1. The summed E-state index contributed by atoms with van der Waals surface area (Å²) in [5.41, 5.74) is 3.78. The molecule has 24 heavy (non-hydrogen) atoms. The molecule has 1 heterocycles. The molecule has 0 fully saturated rings. The van der Waals surface area contributed by atoms with E-state index < -0.39 is 0 Å². The fraction of sp³-hybridized carbons (Fsp3) is 0.368. The minimum Gasteiger partial charge on any atom is -0.357 e. The van der Waals surface area contributed by atoms with Crippen LogP contribution in [-0.4, -0.2) is 24.0 Å². The van der Waals surface area contributed by atoms with Crippen LogP contribution in [-0.2, 0) is 6.42 Å². The van der Waals surface area contributed by atoms with Gasteiger partial charge in [0.2, 0.25) is 0 Å². The Balaban J connectivity index is 0.00000288. The van der Waals surface area contributed by atoms with Crippen molar-refractivity contribution in [1.29, 1.82) is 0 Å². The first kappa shape index (κ1) is 20.4. The van der Waals surface area contributed by atoms with Gasteiger partial charge in [-0.15, -0.1) is 24.0 Å². The highest BCUT2D eigenvalue weighted by molar-refractivity contribution is 14.0. The maximum atomic E-state index is 4.69. The Morgan fingerprint density at radius 1 is 1.21 bits per heavy atom. The van der Waals surface area contributed by atoms with Crippen molar-refractivity contribution in [2.75, 3.05) is 13.1 Å². The highest BCUT2D eigenvalue weighted by atomic mass is 127. The van der Waals surface area contributed by atoms with Gasteiger partial charge in [-0.05, 0) is 49.9 Å². The molecule has 0 amide bonds. The van der Waals surface area contributed by atoms with Gasteiger partial charge < -0.3 is 10.6 Å². The molecule has 1 aromatic carbocycles. The van der Waals surface area contributed by atoms with E-state index in [2.05, 4.69) is 71.7 Å². The number of benzene rings is 1. The van der Waals surface area contributed by atoms with E-state index in [9.17, 15) is 0 Å². The summed E-state index contributed by atoms with van der Waals surface area (Å²) in [6.07, 6.45) is 4.66. The highest BCUT2D eigenvalue weighted by Gasteiger charge is 2.07. The van der Waals surface area contributed by atoms with Crippen molar-refractivity contribution in [2.45, 2.75) is 33.2 Å². The van der Waals surface area contributed by atoms with Crippen molar-refractivity contribution in [3.8, 4) is 0 Å². The van der Waals surface area contributed by atoms with Gasteiger partial charge in [0.15, 0.2) is 5.96 Å². The largest absolute Gasteiger partial charge is 0.357 e. The molecule has 0 aliphatic heterocycles. The number of hydrogen-bond donors (Lipinski definition) is 2. The van der Waals surface area contributed by atoms with E-state index in [0.29, 0.717) is 0 Å². The summed E-state index contributed by atoms with van der Waals surface area (Å²) in [6, 6.07) is 12.7. The monoisotopic (exact) mass is 438 g/mol. The first-order valence-corrected chi connectivity index (χ1v) is 8.20. The average Bonchev–Trinajstić information content (AvgIpc) is 2.57.